The second-order valence-electron chi connectivity index (χ2n) is 3.14. The van der Waals surface area contributed by atoms with Gasteiger partial charge in [-0.25, -0.2) is 0 Å². The normalized spacial score (nSPS) is 38.5. The Balaban J connectivity index is 2.20. The Labute approximate surface area is 86.6 Å². The van der Waals surface area contributed by atoms with Crippen molar-refractivity contribution in [3.63, 3.8) is 0 Å². The molecule has 0 N–H and O–H groups in total. The van der Waals surface area contributed by atoms with Crippen molar-refractivity contribution in [3.8, 4) is 0 Å². The molecule has 0 radical (unpaired) electrons. The third-order valence-electron chi connectivity index (χ3n) is 2.56. The predicted octanol–water partition coefficient (Wildman–Crippen LogP) is 0.997. The van der Waals surface area contributed by atoms with Crippen LogP contribution in [-0.4, -0.2) is 46.8 Å². The maximum atomic E-state index is 11.6. The fourth-order valence-corrected chi connectivity index (χ4v) is 4.70. The largest absolute Gasteiger partial charge is 0.367 e. The molecule has 2 heterocycles. The van der Waals surface area contributed by atoms with E-state index in [0.717, 1.165) is 18.7 Å². The first-order valence-electron chi connectivity index (χ1n) is 4.29. The molecule has 0 spiro atoms. The van der Waals surface area contributed by atoms with E-state index in [-0.39, 0.29) is 16.2 Å². The molecule has 2 fully saturated rings. The Bertz CT molecular complexity index is 226. The molecule has 13 heavy (non-hydrogen) atoms. The SMILES string of the molecule is COC1C(=O)N2CCCSC12SC. The highest BCUT2D eigenvalue weighted by Gasteiger charge is 2.62. The standard InChI is InChI=1S/C8H13NO2S2/c1-11-6-7(10)9-4-3-5-13-8(6,9)12-2/h6H,3-5H2,1-2H3. The summed E-state index contributed by atoms with van der Waals surface area (Å²) in [6, 6.07) is 0. The molecule has 0 aliphatic carbocycles. The van der Waals surface area contributed by atoms with Gasteiger partial charge in [-0.15, -0.1) is 23.5 Å². The number of carbonyl (C=O) groups excluding carboxylic acids is 1. The minimum absolute atomic E-state index is 0.107. The van der Waals surface area contributed by atoms with Crippen molar-refractivity contribution < 1.29 is 9.53 Å². The van der Waals surface area contributed by atoms with Gasteiger partial charge in [-0.2, -0.15) is 0 Å². The Hall–Kier alpha value is 0.130. The number of rotatable bonds is 2. The summed E-state index contributed by atoms with van der Waals surface area (Å²) in [5.74, 6) is 1.29. The molecule has 2 atom stereocenters. The lowest BCUT2D eigenvalue weighted by atomic mass is 10.1. The van der Waals surface area contributed by atoms with Crippen LogP contribution in [0.15, 0.2) is 0 Å². The van der Waals surface area contributed by atoms with Crippen LogP contribution in [0.2, 0.25) is 0 Å². The van der Waals surface area contributed by atoms with Gasteiger partial charge in [-0.3, -0.25) is 4.79 Å². The van der Waals surface area contributed by atoms with Crippen molar-refractivity contribution in [1.29, 1.82) is 0 Å². The van der Waals surface area contributed by atoms with Crippen LogP contribution in [0, 0.1) is 0 Å². The van der Waals surface area contributed by atoms with Crippen molar-refractivity contribution >= 4 is 29.4 Å². The van der Waals surface area contributed by atoms with Gasteiger partial charge in [0.2, 0.25) is 0 Å². The van der Waals surface area contributed by atoms with Crippen molar-refractivity contribution in [2.75, 3.05) is 25.7 Å². The first-order valence-corrected chi connectivity index (χ1v) is 6.50. The second-order valence-corrected chi connectivity index (χ2v) is 5.75. The third kappa shape index (κ3) is 1.13. The molecule has 0 aromatic heterocycles. The number of thioether (sulfide) groups is 2. The molecule has 5 heteroatoms. The maximum absolute atomic E-state index is 11.6. The van der Waals surface area contributed by atoms with Crippen LogP contribution in [0.1, 0.15) is 6.42 Å². The Morgan fingerprint density at radius 1 is 1.77 bits per heavy atom. The van der Waals surface area contributed by atoms with Gasteiger partial charge in [-0.1, -0.05) is 0 Å². The first-order chi connectivity index (χ1) is 6.26. The number of hydrogen-bond acceptors (Lipinski definition) is 4. The highest BCUT2D eigenvalue weighted by molar-refractivity contribution is 8.18. The topological polar surface area (TPSA) is 29.5 Å². The van der Waals surface area contributed by atoms with Gasteiger partial charge >= 0.3 is 0 Å². The minimum atomic E-state index is -0.229. The summed E-state index contributed by atoms with van der Waals surface area (Å²) < 4.78 is 5.12. The summed E-state index contributed by atoms with van der Waals surface area (Å²) in [5, 5.41) is 0. The number of ether oxygens (including phenoxy) is 1. The van der Waals surface area contributed by atoms with Gasteiger partial charge in [0.05, 0.1) is 0 Å². The summed E-state index contributed by atoms with van der Waals surface area (Å²) in [6.07, 6.45) is 2.92. The smallest absolute Gasteiger partial charge is 0.257 e. The summed E-state index contributed by atoms with van der Waals surface area (Å²) in [7, 11) is 1.62. The molecular formula is C8H13NO2S2. The molecule has 0 aromatic rings. The van der Waals surface area contributed by atoms with E-state index in [1.54, 1.807) is 18.9 Å². The van der Waals surface area contributed by atoms with E-state index < -0.39 is 0 Å². The van der Waals surface area contributed by atoms with Gasteiger partial charge < -0.3 is 9.64 Å². The average Bonchev–Trinajstić information content (AvgIpc) is 2.17. The summed E-state index contributed by atoms with van der Waals surface area (Å²) >= 11 is 3.56. The van der Waals surface area contributed by atoms with Gasteiger partial charge in [0.25, 0.3) is 5.91 Å². The van der Waals surface area contributed by atoms with Gasteiger partial charge in [0.1, 0.15) is 0 Å². The van der Waals surface area contributed by atoms with Gasteiger partial charge in [0.15, 0.2) is 10.3 Å². The molecule has 0 bridgehead atoms. The van der Waals surface area contributed by atoms with E-state index in [9.17, 15) is 4.79 Å². The average molecular weight is 219 g/mol. The molecule has 2 rings (SSSR count). The number of hydrogen-bond donors (Lipinski definition) is 0. The molecule has 3 nitrogen and oxygen atoms in total. The van der Waals surface area contributed by atoms with Crippen molar-refractivity contribution in [2.45, 2.75) is 16.7 Å². The van der Waals surface area contributed by atoms with Crippen molar-refractivity contribution in [2.24, 2.45) is 0 Å². The van der Waals surface area contributed by atoms with E-state index >= 15 is 0 Å². The Morgan fingerprint density at radius 2 is 2.54 bits per heavy atom. The number of methoxy groups -OCH3 is 1. The highest BCUT2D eigenvalue weighted by Crippen LogP contribution is 2.53. The number of carbonyl (C=O) groups is 1. The van der Waals surface area contributed by atoms with Crippen molar-refractivity contribution in [3.05, 3.63) is 0 Å². The summed E-state index contributed by atoms with van der Waals surface area (Å²) in [5.41, 5.74) is 0. The van der Waals surface area contributed by atoms with E-state index in [1.165, 1.54) is 0 Å². The quantitative estimate of drug-likeness (QED) is 0.648. The fourth-order valence-electron chi connectivity index (χ4n) is 1.91. The Kier molecular flexibility index (Phi) is 2.51. The summed E-state index contributed by atoms with van der Waals surface area (Å²) in [4.78, 5) is 13.5. The summed E-state index contributed by atoms with van der Waals surface area (Å²) in [6.45, 7) is 0.895. The van der Waals surface area contributed by atoms with E-state index in [2.05, 4.69) is 0 Å². The van der Waals surface area contributed by atoms with Crippen LogP contribution < -0.4 is 0 Å². The zero-order valence-electron chi connectivity index (χ0n) is 7.78. The maximum Gasteiger partial charge on any atom is 0.257 e. The van der Waals surface area contributed by atoms with Crippen LogP contribution in [-0.2, 0) is 9.53 Å². The minimum Gasteiger partial charge on any atom is -0.367 e. The zero-order chi connectivity index (χ0) is 9.47. The predicted molar refractivity (Wildman–Crippen MR) is 55.8 cm³/mol. The number of nitrogens with zero attached hydrogens (tertiary/aromatic N) is 1. The van der Waals surface area contributed by atoms with Gasteiger partial charge in [0, 0.05) is 13.7 Å². The van der Waals surface area contributed by atoms with Crippen LogP contribution >= 0.6 is 23.5 Å². The monoisotopic (exact) mass is 219 g/mol. The molecule has 0 aromatic carbocycles. The third-order valence-corrected chi connectivity index (χ3v) is 5.77. The number of fused-ring (bicyclic) bond motifs is 1. The van der Waals surface area contributed by atoms with Crippen LogP contribution in [0.4, 0.5) is 0 Å². The molecular weight excluding hydrogens is 206 g/mol. The van der Waals surface area contributed by atoms with E-state index in [1.807, 2.05) is 22.9 Å². The zero-order valence-corrected chi connectivity index (χ0v) is 9.41. The Morgan fingerprint density at radius 3 is 3.15 bits per heavy atom. The van der Waals surface area contributed by atoms with Crippen molar-refractivity contribution in [1.82, 2.24) is 4.90 Å². The highest BCUT2D eigenvalue weighted by atomic mass is 32.2. The van der Waals surface area contributed by atoms with E-state index in [4.69, 9.17) is 4.74 Å². The van der Waals surface area contributed by atoms with Crippen LogP contribution in [0.25, 0.3) is 0 Å². The number of amides is 1. The lowest BCUT2D eigenvalue weighted by Gasteiger charge is -2.57. The second kappa shape index (κ2) is 3.37. The molecule has 0 saturated carbocycles. The molecule has 2 unspecified atom stereocenters. The van der Waals surface area contributed by atoms with Crippen LogP contribution in [0.5, 0.6) is 0 Å². The van der Waals surface area contributed by atoms with E-state index in [0.29, 0.717) is 0 Å². The molecule has 2 saturated heterocycles. The lowest BCUT2D eigenvalue weighted by molar-refractivity contribution is -0.166. The first kappa shape index (κ1) is 9.68. The molecule has 2 aliphatic heterocycles. The molecule has 1 amide bonds. The number of β-lactam (4-membered cyclic amide) rings is 1. The molecule has 74 valence electrons. The lowest BCUT2D eigenvalue weighted by Crippen LogP contribution is -2.72. The fraction of sp³-hybridized carbons (Fsp3) is 0.875. The van der Waals surface area contributed by atoms with Gasteiger partial charge in [-0.05, 0) is 18.4 Å². The molecule has 2 aliphatic rings. The van der Waals surface area contributed by atoms with Crippen LogP contribution in [0.3, 0.4) is 0 Å².